The largest absolute Gasteiger partial charge is 0.381 e. The molecule has 0 aromatic heterocycles. The second-order valence-corrected chi connectivity index (χ2v) is 4.47. The van der Waals surface area contributed by atoms with E-state index in [9.17, 15) is 4.79 Å². The van der Waals surface area contributed by atoms with E-state index in [2.05, 4.69) is 6.92 Å². The summed E-state index contributed by atoms with van der Waals surface area (Å²) in [6.45, 7) is 4.05. The summed E-state index contributed by atoms with van der Waals surface area (Å²) in [5, 5.41) is 0. The zero-order valence-electron chi connectivity index (χ0n) is 8.29. The molecule has 1 heterocycles. The molecule has 2 aliphatic rings. The molecule has 74 valence electrons. The first kappa shape index (κ1) is 9.20. The van der Waals surface area contributed by atoms with Crippen molar-refractivity contribution in [1.29, 1.82) is 0 Å². The third-order valence-corrected chi connectivity index (χ3v) is 3.99. The minimum atomic E-state index is 0.373. The Bertz CT molecular complexity index is 194. The van der Waals surface area contributed by atoms with Crippen LogP contribution in [0.1, 0.15) is 32.6 Å². The van der Waals surface area contributed by atoms with Crippen LogP contribution in [0, 0.1) is 17.3 Å². The fourth-order valence-electron chi connectivity index (χ4n) is 2.83. The molecule has 1 aliphatic carbocycles. The van der Waals surface area contributed by atoms with Gasteiger partial charge in [-0.1, -0.05) is 13.3 Å². The monoisotopic (exact) mass is 182 g/mol. The van der Waals surface area contributed by atoms with Crippen LogP contribution in [-0.4, -0.2) is 19.5 Å². The molecule has 1 aliphatic heterocycles. The van der Waals surface area contributed by atoms with Gasteiger partial charge in [0.2, 0.25) is 0 Å². The van der Waals surface area contributed by atoms with E-state index < -0.39 is 0 Å². The Labute approximate surface area is 79.7 Å². The van der Waals surface area contributed by atoms with E-state index in [1.54, 1.807) is 0 Å². The van der Waals surface area contributed by atoms with Crippen molar-refractivity contribution in [3.8, 4) is 0 Å². The van der Waals surface area contributed by atoms with Crippen molar-refractivity contribution in [2.45, 2.75) is 32.6 Å². The lowest BCUT2D eigenvalue weighted by Gasteiger charge is -2.37. The minimum absolute atomic E-state index is 0.373. The molecule has 0 amide bonds. The Balaban J connectivity index is 2.02. The van der Waals surface area contributed by atoms with Gasteiger partial charge in [0.1, 0.15) is 6.29 Å². The summed E-state index contributed by atoms with van der Waals surface area (Å²) in [5.74, 6) is 1.05. The lowest BCUT2D eigenvalue weighted by molar-refractivity contribution is -0.109. The Morgan fingerprint density at radius 2 is 2.15 bits per heavy atom. The number of aldehydes is 1. The van der Waals surface area contributed by atoms with E-state index in [1.165, 1.54) is 19.3 Å². The predicted octanol–water partition coefficient (Wildman–Crippen LogP) is 2.03. The summed E-state index contributed by atoms with van der Waals surface area (Å²) in [6, 6.07) is 0. The van der Waals surface area contributed by atoms with Crippen molar-refractivity contribution in [2.24, 2.45) is 17.3 Å². The van der Waals surface area contributed by atoms with Crippen LogP contribution in [0.5, 0.6) is 0 Å². The number of ether oxygens (including phenoxy) is 1. The fraction of sp³-hybridized carbons (Fsp3) is 0.909. The van der Waals surface area contributed by atoms with Crippen molar-refractivity contribution in [3.05, 3.63) is 0 Å². The molecule has 0 N–H and O–H groups in total. The zero-order chi connectivity index (χ0) is 9.31. The van der Waals surface area contributed by atoms with Gasteiger partial charge in [-0.3, -0.25) is 0 Å². The highest BCUT2D eigenvalue weighted by molar-refractivity contribution is 5.58. The SMILES string of the molecule is CCC1(C2CC2C=O)CCOCC1. The molecular formula is C11H18O2. The maximum atomic E-state index is 10.6. The number of carbonyl (C=O) groups is 1. The quantitative estimate of drug-likeness (QED) is 0.624. The minimum Gasteiger partial charge on any atom is -0.381 e. The summed E-state index contributed by atoms with van der Waals surface area (Å²) in [7, 11) is 0. The van der Waals surface area contributed by atoms with Crippen LogP contribution in [0.15, 0.2) is 0 Å². The molecule has 2 unspecified atom stereocenters. The Morgan fingerprint density at radius 1 is 1.46 bits per heavy atom. The van der Waals surface area contributed by atoms with E-state index in [4.69, 9.17) is 4.74 Å². The normalized spacial score (nSPS) is 37.0. The highest BCUT2D eigenvalue weighted by Crippen LogP contribution is 2.56. The van der Waals surface area contributed by atoms with Gasteiger partial charge in [-0.2, -0.15) is 0 Å². The van der Waals surface area contributed by atoms with Gasteiger partial charge in [0.15, 0.2) is 0 Å². The van der Waals surface area contributed by atoms with Gasteiger partial charge in [0.05, 0.1) is 0 Å². The van der Waals surface area contributed by atoms with Gasteiger partial charge in [0, 0.05) is 19.1 Å². The maximum Gasteiger partial charge on any atom is 0.123 e. The zero-order valence-corrected chi connectivity index (χ0v) is 8.29. The fourth-order valence-corrected chi connectivity index (χ4v) is 2.83. The van der Waals surface area contributed by atoms with Gasteiger partial charge in [-0.05, 0) is 30.6 Å². The highest BCUT2D eigenvalue weighted by Gasteiger charge is 2.51. The van der Waals surface area contributed by atoms with Crippen LogP contribution in [0.2, 0.25) is 0 Å². The van der Waals surface area contributed by atoms with Crippen molar-refractivity contribution < 1.29 is 9.53 Å². The van der Waals surface area contributed by atoms with E-state index in [0.717, 1.165) is 25.9 Å². The lowest BCUT2D eigenvalue weighted by Crippen LogP contribution is -2.31. The average Bonchev–Trinajstić information content (AvgIpc) is 2.98. The predicted molar refractivity (Wildman–Crippen MR) is 50.4 cm³/mol. The summed E-state index contributed by atoms with van der Waals surface area (Å²) in [5.41, 5.74) is 0.448. The molecule has 1 saturated carbocycles. The first-order valence-electron chi connectivity index (χ1n) is 5.35. The smallest absolute Gasteiger partial charge is 0.123 e. The molecule has 2 atom stereocenters. The van der Waals surface area contributed by atoms with E-state index >= 15 is 0 Å². The van der Waals surface area contributed by atoms with Crippen molar-refractivity contribution >= 4 is 6.29 Å². The van der Waals surface area contributed by atoms with Gasteiger partial charge < -0.3 is 9.53 Å². The Hall–Kier alpha value is -0.370. The molecule has 13 heavy (non-hydrogen) atoms. The molecule has 2 rings (SSSR count). The first-order valence-corrected chi connectivity index (χ1v) is 5.35. The van der Waals surface area contributed by atoms with Crippen molar-refractivity contribution in [2.75, 3.05) is 13.2 Å². The molecule has 2 nitrogen and oxygen atoms in total. The number of rotatable bonds is 3. The van der Waals surface area contributed by atoms with Gasteiger partial charge in [-0.25, -0.2) is 0 Å². The summed E-state index contributed by atoms with van der Waals surface area (Å²) in [4.78, 5) is 10.6. The maximum absolute atomic E-state index is 10.6. The van der Waals surface area contributed by atoms with Gasteiger partial charge in [-0.15, -0.1) is 0 Å². The number of carbonyl (C=O) groups excluding carboxylic acids is 1. The molecule has 2 heteroatoms. The highest BCUT2D eigenvalue weighted by atomic mass is 16.5. The van der Waals surface area contributed by atoms with Crippen LogP contribution >= 0.6 is 0 Å². The summed E-state index contributed by atoms with van der Waals surface area (Å²) < 4.78 is 5.39. The molecule has 0 spiro atoms. The van der Waals surface area contributed by atoms with Crippen LogP contribution in [-0.2, 0) is 9.53 Å². The van der Waals surface area contributed by atoms with Crippen molar-refractivity contribution in [1.82, 2.24) is 0 Å². The lowest BCUT2D eigenvalue weighted by atomic mass is 9.73. The Kier molecular flexibility index (Phi) is 2.41. The number of hydrogen-bond acceptors (Lipinski definition) is 2. The topological polar surface area (TPSA) is 26.3 Å². The molecule has 2 fully saturated rings. The molecular weight excluding hydrogens is 164 g/mol. The van der Waals surface area contributed by atoms with Crippen LogP contribution in [0.4, 0.5) is 0 Å². The standard InChI is InChI=1S/C11H18O2/c1-2-11(3-5-13-6-4-11)10-7-9(10)8-12/h8-10H,2-7H2,1H3. The summed E-state index contributed by atoms with van der Waals surface area (Å²) >= 11 is 0. The van der Waals surface area contributed by atoms with Crippen LogP contribution in [0.25, 0.3) is 0 Å². The molecule has 1 saturated heterocycles. The molecule has 0 aromatic rings. The number of hydrogen-bond donors (Lipinski definition) is 0. The van der Waals surface area contributed by atoms with E-state index in [0.29, 0.717) is 17.3 Å². The average molecular weight is 182 g/mol. The Morgan fingerprint density at radius 3 is 2.62 bits per heavy atom. The van der Waals surface area contributed by atoms with Crippen molar-refractivity contribution in [3.63, 3.8) is 0 Å². The first-order chi connectivity index (χ1) is 6.32. The van der Waals surface area contributed by atoms with E-state index in [1.807, 2.05) is 0 Å². The van der Waals surface area contributed by atoms with Crippen LogP contribution < -0.4 is 0 Å². The third-order valence-electron chi connectivity index (χ3n) is 3.99. The van der Waals surface area contributed by atoms with Crippen LogP contribution in [0.3, 0.4) is 0 Å². The molecule has 0 aromatic carbocycles. The molecule has 0 radical (unpaired) electrons. The van der Waals surface area contributed by atoms with Gasteiger partial charge in [0.25, 0.3) is 0 Å². The van der Waals surface area contributed by atoms with E-state index in [-0.39, 0.29) is 0 Å². The second kappa shape index (κ2) is 3.41. The van der Waals surface area contributed by atoms with Gasteiger partial charge >= 0.3 is 0 Å². The molecule has 0 bridgehead atoms. The third kappa shape index (κ3) is 1.52. The second-order valence-electron chi connectivity index (χ2n) is 4.47. The summed E-state index contributed by atoms with van der Waals surface area (Å²) in [6.07, 6.45) is 5.83.